The molecular formula is C27H21FN4O4S. The van der Waals surface area contributed by atoms with Gasteiger partial charge < -0.3 is 23.3 Å². The monoisotopic (exact) mass is 516 g/mol. The number of benzene rings is 2. The molecule has 8 nitrogen and oxygen atoms in total. The summed E-state index contributed by atoms with van der Waals surface area (Å²) < 4.78 is 29.7. The van der Waals surface area contributed by atoms with Gasteiger partial charge in [0.15, 0.2) is 18.3 Å². The van der Waals surface area contributed by atoms with Crippen molar-refractivity contribution in [3.05, 3.63) is 65.7 Å². The molecule has 1 aliphatic rings. The van der Waals surface area contributed by atoms with Crippen LogP contribution in [0.2, 0.25) is 0 Å². The van der Waals surface area contributed by atoms with Crippen LogP contribution in [-0.2, 0) is 6.73 Å². The van der Waals surface area contributed by atoms with E-state index in [1.807, 2.05) is 22.8 Å². The van der Waals surface area contributed by atoms with Gasteiger partial charge in [-0.3, -0.25) is 9.59 Å². The molecule has 0 unspecified atom stereocenters. The number of rotatable bonds is 4. The average molecular weight is 517 g/mol. The van der Waals surface area contributed by atoms with Gasteiger partial charge in [-0.1, -0.05) is 18.9 Å². The first kappa shape index (κ1) is 23.1. The van der Waals surface area contributed by atoms with E-state index in [1.165, 1.54) is 20.0 Å². The lowest BCUT2D eigenvalue weighted by Crippen LogP contribution is -2.19. The van der Waals surface area contributed by atoms with Crippen LogP contribution >= 0.6 is 12.8 Å². The number of anilines is 1. The number of carbonyl (C=O) groups is 2. The molecule has 1 amide bonds. The summed E-state index contributed by atoms with van der Waals surface area (Å²) in [6, 6.07) is 13.8. The number of aromatic nitrogens is 2. The summed E-state index contributed by atoms with van der Waals surface area (Å²) in [5.74, 6) is -0.543. The third kappa shape index (κ3) is 3.47. The molecule has 186 valence electrons. The zero-order valence-electron chi connectivity index (χ0n) is 20.1. The first-order chi connectivity index (χ1) is 17.8. The molecular weight excluding hydrogens is 495 g/mol. The lowest BCUT2D eigenvalue weighted by atomic mass is 10.0. The fraction of sp³-hybridized carbons (Fsp3) is 0.148. The second kappa shape index (κ2) is 8.38. The van der Waals surface area contributed by atoms with Crippen molar-refractivity contribution in [3.63, 3.8) is 0 Å². The Bertz CT molecular complexity index is 1770. The summed E-state index contributed by atoms with van der Waals surface area (Å²) in [7, 11) is 3.25. The van der Waals surface area contributed by atoms with Crippen LogP contribution in [0.15, 0.2) is 52.9 Å². The number of furan rings is 1. The standard InChI is InChI=1S/C27H21FN4O4S/c1-13(33)26-24(27(34)29-2)16-9-15(20(31(3)37)11-23(16)36-26)18-7-8-22-25(30-18)21-10-14-17(28)5-4-6-19(14)32(21)12-35-22/h4-11,37H,12H2,1-3H3,(H,29,34). The van der Waals surface area contributed by atoms with E-state index in [0.29, 0.717) is 44.7 Å². The number of fused-ring (bicyclic) bond motifs is 6. The van der Waals surface area contributed by atoms with Gasteiger partial charge in [0.25, 0.3) is 5.91 Å². The summed E-state index contributed by atoms with van der Waals surface area (Å²) >= 11 is 4.50. The molecule has 0 saturated carbocycles. The van der Waals surface area contributed by atoms with Crippen LogP contribution in [0.3, 0.4) is 0 Å². The van der Waals surface area contributed by atoms with Gasteiger partial charge in [0.05, 0.1) is 28.2 Å². The van der Waals surface area contributed by atoms with Gasteiger partial charge in [0, 0.05) is 43.4 Å². The second-order valence-corrected chi connectivity index (χ2v) is 9.38. The van der Waals surface area contributed by atoms with E-state index >= 15 is 0 Å². The Morgan fingerprint density at radius 3 is 2.70 bits per heavy atom. The van der Waals surface area contributed by atoms with Crippen molar-refractivity contribution in [3.8, 4) is 28.4 Å². The number of amides is 1. The van der Waals surface area contributed by atoms with E-state index in [-0.39, 0.29) is 29.7 Å². The Morgan fingerprint density at radius 2 is 1.97 bits per heavy atom. The maximum Gasteiger partial charge on any atom is 0.255 e. The molecule has 0 spiro atoms. The highest BCUT2D eigenvalue weighted by molar-refractivity contribution is 7.81. The van der Waals surface area contributed by atoms with Crippen molar-refractivity contribution in [1.29, 1.82) is 0 Å². The Balaban J connectivity index is 1.60. The van der Waals surface area contributed by atoms with E-state index < -0.39 is 5.91 Å². The van der Waals surface area contributed by atoms with Crippen LogP contribution in [0, 0.1) is 5.82 Å². The molecule has 4 heterocycles. The fourth-order valence-electron chi connectivity index (χ4n) is 4.82. The zero-order valence-corrected chi connectivity index (χ0v) is 21.0. The van der Waals surface area contributed by atoms with E-state index in [4.69, 9.17) is 14.1 Å². The Hall–Kier alpha value is -4.31. The number of ketones is 1. The molecule has 0 atom stereocenters. The van der Waals surface area contributed by atoms with Crippen LogP contribution in [0.1, 0.15) is 27.8 Å². The van der Waals surface area contributed by atoms with E-state index in [2.05, 4.69) is 18.1 Å². The summed E-state index contributed by atoms with van der Waals surface area (Å²) in [5, 5.41) is 3.55. The number of thiol groups is 1. The molecule has 0 saturated heterocycles. The van der Waals surface area contributed by atoms with Gasteiger partial charge in [-0.2, -0.15) is 0 Å². The number of nitrogens with one attached hydrogen (secondary N) is 1. The molecule has 2 aromatic carbocycles. The van der Waals surface area contributed by atoms with Gasteiger partial charge >= 0.3 is 0 Å². The third-order valence-corrected chi connectivity index (χ3v) is 6.76. The Kier molecular flexibility index (Phi) is 5.23. The molecule has 1 N–H and O–H groups in total. The quantitative estimate of drug-likeness (QED) is 0.244. The predicted octanol–water partition coefficient (Wildman–Crippen LogP) is 5.45. The number of nitrogens with zero attached hydrogens (tertiary/aromatic N) is 3. The number of hydrogen-bond acceptors (Lipinski definition) is 7. The van der Waals surface area contributed by atoms with Crippen LogP contribution < -0.4 is 14.4 Å². The first-order valence-electron chi connectivity index (χ1n) is 11.5. The molecule has 6 rings (SSSR count). The summed E-state index contributed by atoms with van der Waals surface area (Å²) in [5.41, 5.74) is 4.45. The normalized spacial score (nSPS) is 12.2. The predicted molar refractivity (Wildman–Crippen MR) is 142 cm³/mol. The molecule has 0 bridgehead atoms. The van der Waals surface area contributed by atoms with Crippen molar-refractivity contribution in [2.45, 2.75) is 13.7 Å². The second-order valence-electron chi connectivity index (χ2n) is 8.78. The number of Topliss-reactive ketones (excluding diaryl/α,β-unsaturated/α-hetero) is 1. The number of pyridine rings is 1. The minimum Gasteiger partial charge on any atom is -0.470 e. The summed E-state index contributed by atoms with van der Waals surface area (Å²) in [4.78, 5) is 29.9. The maximum atomic E-state index is 14.5. The summed E-state index contributed by atoms with van der Waals surface area (Å²) in [6.07, 6.45) is 0. The van der Waals surface area contributed by atoms with Gasteiger partial charge in [-0.25, -0.2) is 9.37 Å². The average Bonchev–Trinajstić information content (AvgIpc) is 3.47. The molecule has 0 radical (unpaired) electrons. The lowest BCUT2D eigenvalue weighted by molar-refractivity contribution is 0.0937. The van der Waals surface area contributed by atoms with Gasteiger partial charge in [0.2, 0.25) is 0 Å². The van der Waals surface area contributed by atoms with Crippen molar-refractivity contribution < 1.29 is 23.1 Å². The van der Waals surface area contributed by atoms with Crippen LogP contribution in [0.25, 0.3) is 44.5 Å². The Labute approximate surface area is 216 Å². The molecule has 1 aliphatic heterocycles. The van der Waals surface area contributed by atoms with Crippen molar-refractivity contribution in [1.82, 2.24) is 14.9 Å². The molecule has 0 aliphatic carbocycles. The van der Waals surface area contributed by atoms with Crippen LogP contribution in [0.4, 0.5) is 10.1 Å². The number of halogens is 1. The Morgan fingerprint density at radius 1 is 1.16 bits per heavy atom. The highest BCUT2D eigenvalue weighted by Gasteiger charge is 2.27. The van der Waals surface area contributed by atoms with Crippen LogP contribution in [0.5, 0.6) is 5.75 Å². The molecule has 0 fully saturated rings. The van der Waals surface area contributed by atoms with Gasteiger partial charge in [-0.15, -0.1) is 0 Å². The lowest BCUT2D eigenvalue weighted by Gasteiger charge is -2.22. The van der Waals surface area contributed by atoms with Crippen LogP contribution in [-0.4, -0.2) is 35.3 Å². The molecule has 5 aromatic rings. The van der Waals surface area contributed by atoms with Crippen molar-refractivity contribution in [2.75, 3.05) is 18.4 Å². The smallest absolute Gasteiger partial charge is 0.255 e. The van der Waals surface area contributed by atoms with Gasteiger partial charge in [0.1, 0.15) is 22.8 Å². The van der Waals surface area contributed by atoms with E-state index in [9.17, 15) is 14.0 Å². The molecule has 10 heteroatoms. The third-order valence-electron chi connectivity index (χ3n) is 6.55. The van der Waals surface area contributed by atoms with E-state index in [0.717, 1.165) is 11.2 Å². The SMILES string of the molecule is CNC(=O)c1c(C(C)=O)oc2cc(N(C)S)c(-c3ccc4c(n3)-c3cc5c(F)cccc5n3CO4)cc12. The topological polar surface area (TPSA) is 89.6 Å². The molecule has 3 aromatic heterocycles. The minimum atomic E-state index is -0.430. The van der Waals surface area contributed by atoms with Crippen molar-refractivity contribution in [2.24, 2.45) is 0 Å². The largest absolute Gasteiger partial charge is 0.470 e. The number of ether oxygens (including phenoxy) is 1. The number of hydrogen-bond donors (Lipinski definition) is 2. The summed E-state index contributed by atoms with van der Waals surface area (Å²) in [6.45, 7) is 1.59. The number of carbonyl (C=O) groups excluding carboxylic acids is 2. The maximum absolute atomic E-state index is 14.5. The minimum absolute atomic E-state index is 0.0161. The fourth-order valence-corrected chi connectivity index (χ4v) is 4.98. The highest BCUT2D eigenvalue weighted by Crippen LogP contribution is 2.42. The van der Waals surface area contributed by atoms with Gasteiger partial charge in [-0.05, 0) is 36.4 Å². The van der Waals surface area contributed by atoms with Crippen molar-refractivity contribution >= 4 is 52.1 Å². The zero-order chi connectivity index (χ0) is 26.0. The van der Waals surface area contributed by atoms with E-state index in [1.54, 1.807) is 35.6 Å². The first-order valence-corrected chi connectivity index (χ1v) is 11.9. The molecule has 37 heavy (non-hydrogen) atoms. The highest BCUT2D eigenvalue weighted by atomic mass is 32.1.